The van der Waals surface area contributed by atoms with E-state index in [0.717, 1.165) is 22.0 Å². The predicted molar refractivity (Wildman–Crippen MR) is 96.8 cm³/mol. The monoisotopic (exact) mass is 348 g/mol. The van der Waals surface area contributed by atoms with Crippen LogP contribution in [0.3, 0.4) is 0 Å². The van der Waals surface area contributed by atoms with E-state index >= 15 is 0 Å². The van der Waals surface area contributed by atoms with Gasteiger partial charge in [-0.3, -0.25) is 8.89 Å². The fourth-order valence-corrected chi connectivity index (χ4v) is 3.44. The first-order valence-electron chi connectivity index (χ1n) is 7.94. The second kappa shape index (κ2) is 8.10. The Morgan fingerprint density at radius 2 is 1.92 bits per heavy atom. The maximum atomic E-state index is 12.1. The Morgan fingerprint density at radius 1 is 1.25 bits per heavy atom. The van der Waals surface area contributed by atoms with Gasteiger partial charge in [0.25, 0.3) is 0 Å². The van der Waals surface area contributed by atoms with Crippen LogP contribution >= 0.6 is 0 Å². The van der Waals surface area contributed by atoms with Crippen molar-refractivity contribution in [3.63, 3.8) is 0 Å². The van der Waals surface area contributed by atoms with Crippen LogP contribution < -0.4 is 10.6 Å². The Balaban J connectivity index is 1.87. The van der Waals surface area contributed by atoms with Gasteiger partial charge in [-0.1, -0.05) is 18.2 Å². The average Bonchev–Trinajstić information content (AvgIpc) is 2.84. The van der Waals surface area contributed by atoms with Crippen LogP contribution in [0.4, 0.5) is 10.5 Å². The number of nitrogens with one attached hydrogen (secondary N) is 2. The van der Waals surface area contributed by atoms with Crippen molar-refractivity contribution in [2.24, 2.45) is 0 Å². The number of rotatable bonds is 6. The van der Waals surface area contributed by atoms with Crippen LogP contribution in [-0.2, 0) is 10.8 Å². The molecule has 0 saturated heterocycles. The van der Waals surface area contributed by atoms with E-state index in [0.29, 0.717) is 12.3 Å². The molecule has 24 heavy (non-hydrogen) atoms. The summed E-state index contributed by atoms with van der Waals surface area (Å²) in [6.45, 7) is 8.22. The molecule has 0 saturated carbocycles. The van der Waals surface area contributed by atoms with Crippen molar-refractivity contribution in [2.75, 3.05) is 17.6 Å². The highest BCUT2D eigenvalue weighted by molar-refractivity contribution is 7.85. The maximum absolute atomic E-state index is 12.1. The lowest BCUT2D eigenvalue weighted by Gasteiger charge is -2.10. The Kier molecular flexibility index (Phi) is 6.14. The van der Waals surface area contributed by atoms with E-state index in [2.05, 4.69) is 15.7 Å². The van der Waals surface area contributed by atoms with Crippen molar-refractivity contribution in [2.45, 2.75) is 38.6 Å². The van der Waals surface area contributed by atoms with Gasteiger partial charge in [-0.2, -0.15) is 5.10 Å². The number of urea groups is 1. The van der Waals surface area contributed by atoms with Crippen LogP contribution in [0.2, 0.25) is 0 Å². The van der Waals surface area contributed by atoms with E-state index in [1.54, 1.807) is 0 Å². The molecule has 2 N–H and O–H groups in total. The highest BCUT2D eigenvalue weighted by Crippen LogP contribution is 2.22. The second-order valence-electron chi connectivity index (χ2n) is 5.83. The van der Waals surface area contributed by atoms with E-state index in [1.165, 1.54) is 0 Å². The van der Waals surface area contributed by atoms with E-state index in [-0.39, 0.29) is 12.1 Å². The molecule has 1 atom stereocenters. The molecule has 1 heterocycles. The van der Waals surface area contributed by atoms with Crippen molar-refractivity contribution in [1.82, 2.24) is 15.1 Å². The summed E-state index contributed by atoms with van der Waals surface area (Å²) in [5, 5.41) is 10.0. The number of aromatic nitrogens is 2. The molecular weight excluding hydrogens is 324 g/mol. The van der Waals surface area contributed by atoms with Gasteiger partial charge in [0, 0.05) is 23.2 Å². The Hall–Kier alpha value is -2.15. The second-order valence-corrected chi connectivity index (χ2v) is 7.40. The standard InChI is InChI=1S/C17H24N4O2S/c1-12(2)21-14(4)16(13(3)20-21)19-17(22)18-10-11-24(23)15-8-6-5-7-9-15/h5-9,12H,10-11H2,1-4H3,(H2,18,19,22). The summed E-state index contributed by atoms with van der Waals surface area (Å²) < 4.78 is 14.0. The highest BCUT2D eigenvalue weighted by atomic mass is 32.2. The minimum Gasteiger partial charge on any atom is -0.337 e. The zero-order valence-corrected chi connectivity index (χ0v) is 15.3. The molecule has 0 spiro atoms. The molecule has 6 nitrogen and oxygen atoms in total. The minimum atomic E-state index is -1.12. The number of hydrogen-bond donors (Lipinski definition) is 2. The molecule has 0 bridgehead atoms. The number of carbonyl (C=O) groups is 1. The topological polar surface area (TPSA) is 76.0 Å². The third-order valence-corrected chi connectivity index (χ3v) is 5.00. The lowest BCUT2D eigenvalue weighted by molar-refractivity contribution is 0.252. The van der Waals surface area contributed by atoms with Crippen molar-refractivity contribution in [3.05, 3.63) is 41.7 Å². The molecule has 0 radical (unpaired) electrons. The van der Waals surface area contributed by atoms with Crippen LogP contribution in [0, 0.1) is 13.8 Å². The summed E-state index contributed by atoms with van der Waals surface area (Å²) in [4.78, 5) is 12.8. The van der Waals surface area contributed by atoms with Gasteiger partial charge in [-0.15, -0.1) is 0 Å². The number of aryl methyl sites for hydroxylation is 1. The number of benzene rings is 1. The molecule has 0 aliphatic carbocycles. The number of carbonyl (C=O) groups excluding carboxylic acids is 1. The summed E-state index contributed by atoms with van der Waals surface area (Å²) in [6.07, 6.45) is 0. The molecular formula is C17H24N4O2S. The van der Waals surface area contributed by atoms with Gasteiger partial charge in [0.15, 0.2) is 0 Å². The average molecular weight is 348 g/mol. The largest absolute Gasteiger partial charge is 0.337 e. The Labute approximate surface area is 145 Å². The normalized spacial score (nSPS) is 12.2. The molecule has 1 aromatic carbocycles. The van der Waals surface area contributed by atoms with Crippen LogP contribution in [0.5, 0.6) is 0 Å². The minimum absolute atomic E-state index is 0.232. The summed E-state index contributed by atoms with van der Waals surface area (Å²) in [5.41, 5.74) is 2.43. The number of nitrogens with zero attached hydrogens (tertiary/aromatic N) is 2. The van der Waals surface area contributed by atoms with Gasteiger partial charge < -0.3 is 10.6 Å². The maximum Gasteiger partial charge on any atom is 0.319 e. The summed E-state index contributed by atoms with van der Waals surface area (Å²) in [6, 6.07) is 9.15. The molecule has 7 heteroatoms. The quantitative estimate of drug-likeness (QED) is 0.842. The first-order valence-corrected chi connectivity index (χ1v) is 9.26. The fourth-order valence-electron chi connectivity index (χ4n) is 2.45. The van der Waals surface area contributed by atoms with E-state index in [9.17, 15) is 9.00 Å². The number of anilines is 1. The molecule has 2 aromatic rings. The molecule has 130 valence electrons. The van der Waals surface area contributed by atoms with Crippen LogP contribution in [0.1, 0.15) is 31.3 Å². The van der Waals surface area contributed by atoms with Crippen LogP contribution in [0.15, 0.2) is 35.2 Å². The van der Waals surface area contributed by atoms with Gasteiger partial charge in [0.2, 0.25) is 0 Å². The summed E-state index contributed by atoms with van der Waals surface area (Å²) in [5.74, 6) is 0.376. The highest BCUT2D eigenvalue weighted by Gasteiger charge is 2.15. The molecule has 0 aliphatic heterocycles. The lowest BCUT2D eigenvalue weighted by atomic mass is 10.3. The van der Waals surface area contributed by atoms with Crippen molar-refractivity contribution >= 4 is 22.5 Å². The predicted octanol–water partition coefficient (Wildman–Crippen LogP) is 3.01. The molecule has 0 aliphatic rings. The molecule has 1 aromatic heterocycles. The zero-order valence-electron chi connectivity index (χ0n) is 14.5. The van der Waals surface area contributed by atoms with Gasteiger partial charge >= 0.3 is 6.03 Å². The number of amides is 2. The van der Waals surface area contributed by atoms with Gasteiger partial charge in [-0.25, -0.2) is 4.79 Å². The third kappa shape index (κ3) is 4.44. The lowest BCUT2D eigenvalue weighted by Crippen LogP contribution is -2.32. The molecule has 1 unspecified atom stereocenters. The number of hydrogen-bond acceptors (Lipinski definition) is 3. The Morgan fingerprint density at radius 3 is 2.50 bits per heavy atom. The first-order chi connectivity index (χ1) is 11.4. The van der Waals surface area contributed by atoms with Crippen molar-refractivity contribution in [1.29, 1.82) is 0 Å². The van der Waals surface area contributed by atoms with Crippen LogP contribution in [-0.4, -0.2) is 32.3 Å². The smallest absolute Gasteiger partial charge is 0.319 e. The van der Waals surface area contributed by atoms with E-state index in [1.807, 2.05) is 62.7 Å². The molecule has 0 fully saturated rings. The summed E-state index contributed by atoms with van der Waals surface area (Å²) in [7, 11) is -1.12. The van der Waals surface area contributed by atoms with E-state index < -0.39 is 10.8 Å². The van der Waals surface area contributed by atoms with Gasteiger partial charge in [0.05, 0.1) is 27.9 Å². The van der Waals surface area contributed by atoms with E-state index in [4.69, 9.17) is 0 Å². The molecule has 2 rings (SSSR count). The first kappa shape index (κ1) is 18.2. The summed E-state index contributed by atoms with van der Waals surface area (Å²) >= 11 is 0. The van der Waals surface area contributed by atoms with Crippen molar-refractivity contribution < 1.29 is 9.00 Å². The third-order valence-electron chi connectivity index (χ3n) is 3.63. The Bertz CT molecular complexity index is 726. The molecule has 2 amide bonds. The van der Waals surface area contributed by atoms with Gasteiger partial charge in [-0.05, 0) is 39.8 Å². The zero-order chi connectivity index (χ0) is 17.7. The van der Waals surface area contributed by atoms with Crippen molar-refractivity contribution in [3.8, 4) is 0 Å². The van der Waals surface area contributed by atoms with Crippen LogP contribution in [0.25, 0.3) is 0 Å². The fraction of sp³-hybridized carbons (Fsp3) is 0.412. The SMILES string of the molecule is Cc1nn(C(C)C)c(C)c1NC(=O)NCCS(=O)c1ccccc1. The van der Waals surface area contributed by atoms with Gasteiger partial charge in [0.1, 0.15) is 0 Å².